The topological polar surface area (TPSA) is 172 Å². The number of oxazole rings is 1. The molecule has 3 heterocycles. The summed E-state index contributed by atoms with van der Waals surface area (Å²) in [7, 11) is 1.56. The summed E-state index contributed by atoms with van der Waals surface area (Å²) < 4.78 is 10.7. The number of carbonyl (C=O) groups is 5. The van der Waals surface area contributed by atoms with Crippen molar-refractivity contribution in [2.45, 2.75) is 84.5 Å². The summed E-state index contributed by atoms with van der Waals surface area (Å²) in [6.45, 7) is 8.20. The maximum absolute atomic E-state index is 13.8. The Morgan fingerprint density at radius 2 is 1.68 bits per heavy atom. The second-order valence-electron chi connectivity index (χ2n) is 12.6. The molecule has 0 radical (unpaired) electrons. The van der Waals surface area contributed by atoms with Gasteiger partial charge >= 0.3 is 0 Å². The fraction of sp³-hybridized carbons (Fsp3) is 0.459. The van der Waals surface area contributed by atoms with E-state index in [9.17, 15) is 24.0 Å². The molecule has 4 N–H and O–H groups in total. The summed E-state index contributed by atoms with van der Waals surface area (Å²) >= 11 is 0. The highest BCUT2D eigenvalue weighted by Gasteiger charge is 2.31. The predicted octanol–water partition coefficient (Wildman–Crippen LogP) is 3.17. The van der Waals surface area contributed by atoms with Crippen molar-refractivity contribution in [1.82, 2.24) is 31.2 Å². The number of aromatic nitrogens is 1. The molecule has 0 aliphatic carbocycles. The fourth-order valence-electron chi connectivity index (χ4n) is 5.65. The summed E-state index contributed by atoms with van der Waals surface area (Å²) in [6.07, 6.45) is 3.65. The largest absolute Gasteiger partial charge is 0.497 e. The van der Waals surface area contributed by atoms with E-state index in [1.54, 1.807) is 67.5 Å². The van der Waals surface area contributed by atoms with Gasteiger partial charge in [0.15, 0.2) is 12.1 Å². The van der Waals surface area contributed by atoms with Crippen LogP contribution >= 0.6 is 0 Å². The Morgan fingerprint density at radius 1 is 0.960 bits per heavy atom. The first kappa shape index (κ1) is 37.6. The zero-order valence-electron chi connectivity index (χ0n) is 29.4. The van der Waals surface area contributed by atoms with Crippen molar-refractivity contribution < 1.29 is 33.1 Å². The average Bonchev–Trinajstić information content (AvgIpc) is 3.61. The number of nitrogens with zero attached hydrogens (tertiary/aromatic N) is 2. The van der Waals surface area contributed by atoms with Crippen LogP contribution in [0.2, 0.25) is 0 Å². The van der Waals surface area contributed by atoms with E-state index in [2.05, 4.69) is 26.3 Å². The lowest BCUT2D eigenvalue weighted by atomic mass is 9.96. The summed E-state index contributed by atoms with van der Waals surface area (Å²) in [5.41, 5.74) is 2.16. The van der Waals surface area contributed by atoms with Gasteiger partial charge in [-0.1, -0.05) is 51.5 Å². The van der Waals surface area contributed by atoms with Crippen molar-refractivity contribution in [2.75, 3.05) is 20.2 Å². The first-order valence-corrected chi connectivity index (χ1v) is 17.2. The van der Waals surface area contributed by atoms with E-state index in [0.29, 0.717) is 55.8 Å². The van der Waals surface area contributed by atoms with E-state index < -0.39 is 35.8 Å². The lowest BCUT2D eigenvalue weighted by Gasteiger charge is -2.27. The van der Waals surface area contributed by atoms with Gasteiger partial charge in [0.05, 0.1) is 7.11 Å². The van der Waals surface area contributed by atoms with Crippen LogP contribution in [-0.4, -0.2) is 77.7 Å². The molecule has 13 nitrogen and oxygen atoms in total. The third kappa shape index (κ3) is 9.93. The molecule has 2 bridgehead atoms. The van der Waals surface area contributed by atoms with E-state index in [1.165, 1.54) is 6.39 Å². The second-order valence-corrected chi connectivity index (χ2v) is 12.6. The fourth-order valence-corrected chi connectivity index (χ4v) is 5.65. The minimum Gasteiger partial charge on any atom is -0.497 e. The van der Waals surface area contributed by atoms with Crippen molar-refractivity contribution in [1.29, 1.82) is 0 Å². The lowest BCUT2D eigenvalue weighted by Crippen LogP contribution is -2.58. The molecule has 2 aliphatic heterocycles. The van der Waals surface area contributed by atoms with Crippen LogP contribution in [0.25, 0.3) is 0 Å². The van der Waals surface area contributed by atoms with Crippen LogP contribution in [0, 0.1) is 5.92 Å². The summed E-state index contributed by atoms with van der Waals surface area (Å²) in [5, 5.41) is 11.3. The maximum atomic E-state index is 13.8. The third-order valence-electron chi connectivity index (χ3n) is 8.96. The van der Waals surface area contributed by atoms with E-state index in [4.69, 9.17) is 9.15 Å². The average molecular weight is 689 g/mol. The summed E-state index contributed by atoms with van der Waals surface area (Å²) in [4.78, 5) is 73.3. The van der Waals surface area contributed by atoms with Gasteiger partial charge in [0.25, 0.3) is 11.8 Å². The molecule has 0 saturated carbocycles. The first-order valence-electron chi connectivity index (χ1n) is 17.2. The smallest absolute Gasteiger partial charge is 0.276 e. The minimum atomic E-state index is -1.04. The normalized spacial score (nSPS) is 20.5. The predicted molar refractivity (Wildman–Crippen MR) is 186 cm³/mol. The van der Waals surface area contributed by atoms with E-state index in [0.717, 1.165) is 11.1 Å². The van der Waals surface area contributed by atoms with Gasteiger partial charge in [-0.25, -0.2) is 4.98 Å². The Bertz CT molecular complexity index is 1620. The molecule has 4 atom stereocenters. The molecule has 2 aliphatic rings. The van der Waals surface area contributed by atoms with Gasteiger partial charge in [-0.2, -0.15) is 0 Å². The molecule has 268 valence electrons. The highest BCUT2D eigenvalue weighted by Crippen LogP contribution is 2.17. The number of carbonyl (C=O) groups excluding carboxylic acids is 5. The standard InChI is InChI=1S/C37H48N6O7/c1-6-23(3)31-36(47)41-29(20-25-12-16-28(49-5)17-13-25)35(46)40-24(4)33(44)38-18-8-9-19-43(37(48)32-30(7-2)50-22-39-32)21-26-10-14-27(15-11-26)34(45)42-31/h10-17,22-24,29,31H,6-9,18-21H2,1-5H3,(H,38,44)(H,40,46)(H,41,47)(H,42,45)/t23-,24+,29-,31?/m0/s1. The molecule has 50 heavy (non-hydrogen) atoms. The summed E-state index contributed by atoms with van der Waals surface area (Å²) in [5.74, 6) is -1.29. The molecule has 13 heteroatoms. The third-order valence-corrected chi connectivity index (χ3v) is 8.96. The van der Waals surface area contributed by atoms with Gasteiger partial charge in [-0.15, -0.1) is 0 Å². The molecule has 0 fully saturated rings. The number of benzene rings is 2. The van der Waals surface area contributed by atoms with Crippen molar-refractivity contribution in [3.63, 3.8) is 0 Å². The second kappa shape index (κ2) is 18.0. The highest BCUT2D eigenvalue weighted by atomic mass is 16.5. The van der Waals surface area contributed by atoms with Crippen LogP contribution in [-0.2, 0) is 33.8 Å². The first-order chi connectivity index (χ1) is 24.0. The number of amides is 5. The van der Waals surface area contributed by atoms with Gasteiger partial charge in [-0.3, -0.25) is 24.0 Å². The van der Waals surface area contributed by atoms with Crippen LogP contribution in [0.1, 0.15) is 84.7 Å². The van der Waals surface area contributed by atoms with Gasteiger partial charge in [-0.05, 0) is 61.1 Å². The quantitative estimate of drug-likeness (QED) is 0.274. The van der Waals surface area contributed by atoms with Crippen LogP contribution in [0.5, 0.6) is 5.75 Å². The van der Waals surface area contributed by atoms with E-state index in [1.807, 2.05) is 20.8 Å². The van der Waals surface area contributed by atoms with Crippen LogP contribution in [0.3, 0.4) is 0 Å². The minimum absolute atomic E-state index is 0.141. The molecule has 5 rings (SSSR count). The highest BCUT2D eigenvalue weighted by molar-refractivity contribution is 5.99. The number of ether oxygens (including phenoxy) is 1. The Kier molecular flexibility index (Phi) is 13.5. The Morgan fingerprint density at radius 3 is 2.34 bits per heavy atom. The van der Waals surface area contributed by atoms with Crippen molar-refractivity contribution in [3.8, 4) is 5.75 Å². The number of methoxy groups -OCH3 is 1. The Balaban J connectivity index is 1.61. The number of rotatable bonds is 7. The van der Waals surface area contributed by atoms with Gasteiger partial charge in [0.1, 0.15) is 29.6 Å². The van der Waals surface area contributed by atoms with Gasteiger partial charge in [0.2, 0.25) is 17.7 Å². The molecular formula is C37H48N6O7. The molecule has 5 amide bonds. The molecule has 3 aromatic rings. The van der Waals surface area contributed by atoms with Gasteiger partial charge < -0.3 is 35.3 Å². The summed E-state index contributed by atoms with van der Waals surface area (Å²) in [6, 6.07) is 11.1. The monoisotopic (exact) mass is 688 g/mol. The molecule has 1 unspecified atom stereocenters. The Hall–Kier alpha value is -5.20. The number of aryl methyl sites for hydroxylation is 1. The Labute approximate surface area is 292 Å². The van der Waals surface area contributed by atoms with E-state index >= 15 is 0 Å². The lowest BCUT2D eigenvalue weighted by molar-refractivity contribution is -0.132. The van der Waals surface area contributed by atoms with Gasteiger partial charge in [0, 0.05) is 38.0 Å². The number of hydrogen-bond acceptors (Lipinski definition) is 8. The van der Waals surface area contributed by atoms with Crippen molar-refractivity contribution in [2.24, 2.45) is 5.92 Å². The zero-order valence-corrected chi connectivity index (χ0v) is 29.4. The van der Waals surface area contributed by atoms with E-state index in [-0.39, 0.29) is 36.4 Å². The maximum Gasteiger partial charge on any atom is 0.276 e. The van der Waals surface area contributed by atoms with Crippen molar-refractivity contribution in [3.05, 3.63) is 83.1 Å². The zero-order chi connectivity index (χ0) is 36.2. The van der Waals surface area contributed by atoms with Crippen molar-refractivity contribution >= 4 is 29.5 Å². The number of fused-ring (bicyclic) bond motifs is 18. The van der Waals surface area contributed by atoms with Crippen LogP contribution < -0.4 is 26.0 Å². The SMILES string of the molecule is CCc1ocnc1C(=O)N1CCCCNC(=O)[C@@H](C)NC(=O)[C@H](Cc2ccc(OC)cc2)NC(=O)C([C@@H](C)CC)NC(=O)c2ccc(cc2)C1. The number of nitrogens with one attached hydrogen (secondary N) is 4. The van der Waals surface area contributed by atoms with Crippen LogP contribution in [0.4, 0.5) is 0 Å². The molecule has 1 aromatic heterocycles. The molecular weight excluding hydrogens is 640 g/mol. The molecule has 0 saturated heterocycles. The molecule has 0 spiro atoms. The number of hydrogen-bond donors (Lipinski definition) is 4. The molecule has 2 aromatic carbocycles. The van der Waals surface area contributed by atoms with Crippen LogP contribution in [0.15, 0.2) is 59.3 Å².